The van der Waals surface area contributed by atoms with Crippen LogP contribution in [0.1, 0.15) is 35.6 Å². The Bertz CT molecular complexity index is 604. The molecular weight excluding hydrogens is 252 g/mol. The number of nitrogens with two attached hydrogens (primary N) is 1. The minimum Gasteiger partial charge on any atom is -0.379 e. The van der Waals surface area contributed by atoms with Crippen LogP contribution in [0.5, 0.6) is 0 Å². The Morgan fingerprint density at radius 3 is 2.80 bits per heavy atom. The molecule has 0 saturated heterocycles. The molecule has 1 heterocycles. The second kappa shape index (κ2) is 6.23. The third kappa shape index (κ3) is 3.17. The zero-order valence-electron chi connectivity index (χ0n) is 11.9. The first-order chi connectivity index (χ1) is 9.63. The van der Waals surface area contributed by atoms with E-state index in [0.717, 1.165) is 30.0 Å². The van der Waals surface area contributed by atoms with Crippen molar-refractivity contribution in [2.45, 2.75) is 33.4 Å². The van der Waals surface area contributed by atoms with E-state index in [9.17, 15) is 4.79 Å². The van der Waals surface area contributed by atoms with Crippen LogP contribution in [0.2, 0.25) is 0 Å². The van der Waals surface area contributed by atoms with Gasteiger partial charge < -0.3 is 11.1 Å². The average Bonchev–Trinajstić information content (AvgIpc) is 2.88. The predicted octanol–water partition coefficient (Wildman–Crippen LogP) is 2.18. The van der Waals surface area contributed by atoms with E-state index >= 15 is 0 Å². The lowest BCUT2D eigenvalue weighted by molar-refractivity contribution is 0.100. The first kappa shape index (κ1) is 14.1. The number of carbonyl (C=O) groups excluding carboxylic acids is 1. The number of nitrogens with one attached hydrogen (secondary N) is 1. The zero-order chi connectivity index (χ0) is 14.5. The topological polar surface area (TPSA) is 72.9 Å². The summed E-state index contributed by atoms with van der Waals surface area (Å²) < 4.78 is 1.99. The molecular formula is C15H20N4O. The highest BCUT2D eigenvalue weighted by Crippen LogP contribution is 2.13. The summed E-state index contributed by atoms with van der Waals surface area (Å²) in [6, 6.07) is 9.31. The first-order valence-corrected chi connectivity index (χ1v) is 6.83. The molecule has 2 aromatic rings. The van der Waals surface area contributed by atoms with Crippen molar-refractivity contribution in [1.29, 1.82) is 0 Å². The van der Waals surface area contributed by atoms with Crippen molar-refractivity contribution in [3.8, 4) is 0 Å². The van der Waals surface area contributed by atoms with Gasteiger partial charge in [-0.05, 0) is 37.6 Å². The second-order valence-electron chi connectivity index (χ2n) is 4.59. The first-order valence-electron chi connectivity index (χ1n) is 6.83. The van der Waals surface area contributed by atoms with E-state index < -0.39 is 5.91 Å². The highest BCUT2D eigenvalue weighted by Gasteiger charge is 2.06. The molecule has 5 nitrogen and oxygen atoms in total. The van der Waals surface area contributed by atoms with Gasteiger partial charge in [-0.2, -0.15) is 5.10 Å². The molecule has 106 valence electrons. The average molecular weight is 272 g/mol. The zero-order valence-corrected chi connectivity index (χ0v) is 11.9. The molecule has 0 aliphatic rings. The van der Waals surface area contributed by atoms with Crippen molar-refractivity contribution in [1.82, 2.24) is 9.78 Å². The second-order valence-corrected chi connectivity index (χ2v) is 4.59. The van der Waals surface area contributed by atoms with Crippen molar-refractivity contribution >= 4 is 11.6 Å². The van der Waals surface area contributed by atoms with E-state index in [1.807, 2.05) is 16.8 Å². The van der Waals surface area contributed by atoms with Crippen LogP contribution in [0.4, 0.5) is 5.69 Å². The number of anilines is 1. The summed E-state index contributed by atoms with van der Waals surface area (Å²) in [6.07, 6.45) is 0.928. The molecule has 1 aromatic heterocycles. The van der Waals surface area contributed by atoms with Gasteiger partial charge in [0, 0.05) is 17.8 Å². The molecule has 5 heteroatoms. The number of rotatable bonds is 6. The summed E-state index contributed by atoms with van der Waals surface area (Å²) in [4.78, 5) is 11.2. The largest absolute Gasteiger partial charge is 0.379 e. The van der Waals surface area contributed by atoms with E-state index in [1.165, 1.54) is 0 Å². The number of nitrogens with zero attached hydrogens (tertiary/aromatic N) is 2. The fourth-order valence-corrected chi connectivity index (χ4v) is 2.08. The van der Waals surface area contributed by atoms with Gasteiger partial charge in [0.25, 0.3) is 0 Å². The summed E-state index contributed by atoms with van der Waals surface area (Å²) >= 11 is 0. The molecule has 0 spiro atoms. The Morgan fingerprint density at radius 2 is 2.15 bits per heavy atom. The standard InChI is InChI=1S/C15H20N4O/c1-3-12-9-14(19(4-2)18-12)10-17-13-7-5-6-11(8-13)15(16)20/h5-9,17H,3-4,10H2,1-2H3,(H2,16,20). The molecule has 0 radical (unpaired) electrons. The summed E-state index contributed by atoms with van der Waals surface area (Å²) in [5, 5.41) is 7.81. The Hall–Kier alpha value is -2.30. The summed E-state index contributed by atoms with van der Waals surface area (Å²) in [5.41, 5.74) is 8.89. The third-order valence-corrected chi connectivity index (χ3v) is 3.20. The summed E-state index contributed by atoms with van der Waals surface area (Å²) in [7, 11) is 0. The molecule has 1 amide bonds. The predicted molar refractivity (Wildman–Crippen MR) is 79.6 cm³/mol. The van der Waals surface area contributed by atoms with Crippen molar-refractivity contribution in [2.75, 3.05) is 5.32 Å². The van der Waals surface area contributed by atoms with E-state index in [-0.39, 0.29) is 0 Å². The Kier molecular flexibility index (Phi) is 4.40. The van der Waals surface area contributed by atoms with Crippen molar-refractivity contribution < 1.29 is 4.79 Å². The lowest BCUT2D eigenvalue weighted by atomic mass is 10.2. The lowest BCUT2D eigenvalue weighted by Crippen LogP contribution is -2.12. The van der Waals surface area contributed by atoms with Crippen molar-refractivity contribution in [3.63, 3.8) is 0 Å². The number of aromatic nitrogens is 2. The van der Waals surface area contributed by atoms with Gasteiger partial charge in [0.2, 0.25) is 5.91 Å². The van der Waals surface area contributed by atoms with Gasteiger partial charge in [-0.15, -0.1) is 0 Å². The Morgan fingerprint density at radius 1 is 1.35 bits per heavy atom. The normalized spacial score (nSPS) is 10.5. The van der Waals surface area contributed by atoms with Crippen molar-refractivity contribution in [2.24, 2.45) is 5.73 Å². The van der Waals surface area contributed by atoms with Crippen LogP contribution in [-0.4, -0.2) is 15.7 Å². The molecule has 0 fully saturated rings. The summed E-state index contributed by atoms with van der Waals surface area (Å²) in [6.45, 7) is 5.68. The molecule has 0 atom stereocenters. The number of hydrogen-bond donors (Lipinski definition) is 2. The van der Waals surface area contributed by atoms with Crippen LogP contribution in [-0.2, 0) is 19.5 Å². The van der Waals surface area contributed by atoms with Gasteiger partial charge in [-0.3, -0.25) is 9.48 Å². The van der Waals surface area contributed by atoms with E-state index in [0.29, 0.717) is 12.1 Å². The Balaban J connectivity index is 2.10. The van der Waals surface area contributed by atoms with Gasteiger partial charge in [0.05, 0.1) is 17.9 Å². The number of carbonyl (C=O) groups is 1. The maximum Gasteiger partial charge on any atom is 0.248 e. The fraction of sp³-hybridized carbons (Fsp3) is 0.333. The maximum atomic E-state index is 11.2. The van der Waals surface area contributed by atoms with E-state index in [4.69, 9.17) is 5.73 Å². The van der Waals surface area contributed by atoms with Gasteiger partial charge >= 0.3 is 0 Å². The molecule has 0 saturated carbocycles. The van der Waals surface area contributed by atoms with Gasteiger partial charge in [0.15, 0.2) is 0 Å². The number of aryl methyl sites for hydroxylation is 2. The minimum atomic E-state index is -0.416. The SMILES string of the molecule is CCc1cc(CNc2cccc(C(N)=O)c2)n(CC)n1. The Labute approximate surface area is 118 Å². The highest BCUT2D eigenvalue weighted by atomic mass is 16.1. The van der Waals surface area contributed by atoms with E-state index in [1.54, 1.807) is 12.1 Å². The number of amides is 1. The highest BCUT2D eigenvalue weighted by molar-refractivity contribution is 5.93. The van der Waals surface area contributed by atoms with Gasteiger partial charge in [-0.1, -0.05) is 13.0 Å². The van der Waals surface area contributed by atoms with Gasteiger partial charge in [0.1, 0.15) is 0 Å². The smallest absolute Gasteiger partial charge is 0.248 e. The molecule has 0 unspecified atom stereocenters. The van der Waals surface area contributed by atoms with Crippen LogP contribution in [0.3, 0.4) is 0 Å². The molecule has 3 N–H and O–H groups in total. The molecule has 2 rings (SSSR count). The number of primary amides is 1. The molecule has 0 aliphatic carbocycles. The van der Waals surface area contributed by atoms with E-state index in [2.05, 4.69) is 30.3 Å². The van der Waals surface area contributed by atoms with Crippen LogP contribution in [0.15, 0.2) is 30.3 Å². The van der Waals surface area contributed by atoms with Crippen LogP contribution in [0.25, 0.3) is 0 Å². The molecule has 1 aromatic carbocycles. The number of benzene rings is 1. The maximum absolute atomic E-state index is 11.2. The quantitative estimate of drug-likeness (QED) is 0.846. The minimum absolute atomic E-state index is 0.416. The van der Waals surface area contributed by atoms with Crippen LogP contribution < -0.4 is 11.1 Å². The van der Waals surface area contributed by atoms with Crippen LogP contribution >= 0.6 is 0 Å². The molecule has 0 aliphatic heterocycles. The summed E-state index contributed by atoms with van der Waals surface area (Å²) in [5.74, 6) is -0.416. The number of hydrogen-bond acceptors (Lipinski definition) is 3. The molecule has 20 heavy (non-hydrogen) atoms. The lowest BCUT2D eigenvalue weighted by Gasteiger charge is -2.08. The monoisotopic (exact) mass is 272 g/mol. The third-order valence-electron chi connectivity index (χ3n) is 3.20. The molecule has 0 bridgehead atoms. The fourth-order valence-electron chi connectivity index (χ4n) is 2.08. The van der Waals surface area contributed by atoms with Crippen LogP contribution in [0, 0.1) is 0 Å². The van der Waals surface area contributed by atoms with Crippen molar-refractivity contribution in [3.05, 3.63) is 47.3 Å². The van der Waals surface area contributed by atoms with Gasteiger partial charge in [-0.25, -0.2) is 0 Å².